The van der Waals surface area contributed by atoms with Gasteiger partial charge in [0.05, 0.1) is 7.11 Å². The van der Waals surface area contributed by atoms with Crippen LogP contribution >= 0.6 is 0 Å². The molecule has 0 spiro atoms. The largest absolute Gasteiger partial charge is 0.504 e. The van der Waals surface area contributed by atoms with E-state index < -0.39 is 0 Å². The number of methoxy groups -OCH3 is 1. The minimum Gasteiger partial charge on any atom is -0.504 e. The monoisotopic (exact) mass is 221 g/mol. The van der Waals surface area contributed by atoms with E-state index in [1.807, 2.05) is 12.1 Å². The molecule has 1 aliphatic rings. The molecule has 1 aromatic rings. The predicted molar refractivity (Wildman–Crippen MR) is 63.6 cm³/mol. The maximum atomic E-state index is 9.86. The van der Waals surface area contributed by atoms with Gasteiger partial charge in [-0.25, -0.2) is 0 Å². The number of rotatable bonds is 5. The molecule has 0 heterocycles. The number of nitrogens with one attached hydrogen (secondary N) is 1. The molecule has 1 saturated carbocycles. The fraction of sp³-hybridized carbons (Fsp3) is 0.538. The molecule has 0 saturated heterocycles. The normalized spacial score (nSPS) is 23.1. The van der Waals surface area contributed by atoms with Crippen LogP contribution in [0.3, 0.4) is 0 Å². The van der Waals surface area contributed by atoms with Gasteiger partial charge in [0.15, 0.2) is 11.5 Å². The third-order valence-electron chi connectivity index (χ3n) is 3.30. The summed E-state index contributed by atoms with van der Waals surface area (Å²) in [5.74, 6) is 2.49. The van der Waals surface area contributed by atoms with Crippen LogP contribution in [0.4, 0.5) is 0 Å². The van der Waals surface area contributed by atoms with Gasteiger partial charge in [0.25, 0.3) is 0 Å². The van der Waals surface area contributed by atoms with Gasteiger partial charge in [0.2, 0.25) is 0 Å². The Balaban J connectivity index is 1.88. The molecule has 0 aliphatic heterocycles. The van der Waals surface area contributed by atoms with E-state index in [2.05, 4.69) is 12.2 Å². The van der Waals surface area contributed by atoms with Crippen LogP contribution in [-0.2, 0) is 6.54 Å². The van der Waals surface area contributed by atoms with Gasteiger partial charge in [-0.05, 0) is 30.9 Å². The highest BCUT2D eigenvalue weighted by atomic mass is 16.5. The van der Waals surface area contributed by atoms with Crippen molar-refractivity contribution in [3.05, 3.63) is 23.8 Å². The maximum absolute atomic E-state index is 9.86. The highest BCUT2D eigenvalue weighted by Crippen LogP contribution is 2.37. The molecule has 1 fully saturated rings. The highest BCUT2D eigenvalue weighted by molar-refractivity contribution is 5.45. The lowest BCUT2D eigenvalue weighted by Gasteiger charge is -2.09. The van der Waals surface area contributed by atoms with Gasteiger partial charge in [0.1, 0.15) is 0 Å². The average molecular weight is 221 g/mol. The Morgan fingerprint density at radius 3 is 2.88 bits per heavy atom. The van der Waals surface area contributed by atoms with Crippen molar-refractivity contribution >= 4 is 0 Å². The molecular weight excluding hydrogens is 202 g/mol. The summed E-state index contributed by atoms with van der Waals surface area (Å²) >= 11 is 0. The first-order valence-electron chi connectivity index (χ1n) is 5.78. The number of phenolic OH excluding ortho intramolecular Hbond substituents is 1. The lowest BCUT2D eigenvalue weighted by Crippen LogP contribution is -2.16. The molecule has 2 atom stereocenters. The molecule has 0 aromatic heterocycles. The van der Waals surface area contributed by atoms with Crippen LogP contribution in [0, 0.1) is 11.8 Å². The van der Waals surface area contributed by atoms with Crippen molar-refractivity contribution < 1.29 is 9.84 Å². The van der Waals surface area contributed by atoms with Crippen molar-refractivity contribution in [2.24, 2.45) is 11.8 Å². The molecule has 3 heteroatoms. The molecule has 0 radical (unpaired) electrons. The summed E-state index contributed by atoms with van der Waals surface area (Å²) < 4.78 is 5.06. The van der Waals surface area contributed by atoms with Gasteiger partial charge in [-0.1, -0.05) is 19.1 Å². The van der Waals surface area contributed by atoms with Crippen molar-refractivity contribution in [1.29, 1.82) is 0 Å². The fourth-order valence-electron chi connectivity index (χ4n) is 1.95. The van der Waals surface area contributed by atoms with Crippen molar-refractivity contribution in [2.45, 2.75) is 19.9 Å². The minimum atomic E-state index is 0.251. The van der Waals surface area contributed by atoms with Crippen LogP contribution in [0.5, 0.6) is 11.5 Å². The SMILES string of the molecule is COc1cccc(CNCC2CC2C)c1O. The van der Waals surface area contributed by atoms with Gasteiger partial charge in [0, 0.05) is 12.1 Å². The second-order valence-electron chi connectivity index (χ2n) is 4.57. The van der Waals surface area contributed by atoms with E-state index in [0.29, 0.717) is 12.3 Å². The summed E-state index contributed by atoms with van der Waals surface area (Å²) in [4.78, 5) is 0. The van der Waals surface area contributed by atoms with E-state index in [1.54, 1.807) is 13.2 Å². The first kappa shape index (κ1) is 11.3. The summed E-state index contributed by atoms with van der Waals surface area (Å²) in [6, 6.07) is 5.58. The summed E-state index contributed by atoms with van der Waals surface area (Å²) in [5, 5.41) is 13.2. The Hall–Kier alpha value is -1.22. The number of phenols is 1. The first-order chi connectivity index (χ1) is 7.72. The Morgan fingerprint density at radius 1 is 1.50 bits per heavy atom. The van der Waals surface area contributed by atoms with E-state index >= 15 is 0 Å². The third-order valence-corrected chi connectivity index (χ3v) is 3.30. The smallest absolute Gasteiger partial charge is 0.162 e. The lowest BCUT2D eigenvalue weighted by atomic mass is 10.2. The molecule has 0 amide bonds. The van der Waals surface area contributed by atoms with Crippen molar-refractivity contribution in [1.82, 2.24) is 5.32 Å². The minimum absolute atomic E-state index is 0.251. The molecule has 2 unspecified atom stereocenters. The van der Waals surface area contributed by atoms with E-state index in [4.69, 9.17) is 4.74 Å². The number of hydrogen-bond donors (Lipinski definition) is 2. The Bertz CT molecular complexity index is 365. The number of aromatic hydroxyl groups is 1. The number of ether oxygens (including phenoxy) is 1. The average Bonchev–Trinajstić information content (AvgIpc) is 2.97. The fourth-order valence-corrected chi connectivity index (χ4v) is 1.95. The molecule has 1 aromatic carbocycles. The van der Waals surface area contributed by atoms with Crippen LogP contribution in [0.15, 0.2) is 18.2 Å². The molecule has 16 heavy (non-hydrogen) atoms. The summed E-state index contributed by atoms with van der Waals surface area (Å²) in [6.07, 6.45) is 1.33. The lowest BCUT2D eigenvalue weighted by molar-refractivity contribution is 0.369. The van der Waals surface area contributed by atoms with Crippen LogP contribution in [-0.4, -0.2) is 18.8 Å². The quantitative estimate of drug-likeness (QED) is 0.800. The molecule has 88 valence electrons. The Kier molecular flexibility index (Phi) is 3.34. The second-order valence-corrected chi connectivity index (χ2v) is 4.57. The van der Waals surface area contributed by atoms with E-state index in [0.717, 1.165) is 23.9 Å². The molecular formula is C13H19NO2. The van der Waals surface area contributed by atoms with Crippen LogP contribution in [0.1, 0.15) is 18.9 Å². The number of para-hydroxylation sites is 1. The van der Waals surface area contributed by atoms with Gasteiger partial charge in [-0.3, -0.25) is 0 Å². The second kappa shape index (κ2) is 4.74. The highest BCUT2D eigenvalue weighted by Gasteiger charge is 2.31. The topological polar surface area (TPSA) is 41.5 Å². The van der Waals surface area contributed by atoms with Gasteiger partial charge < -0.3 is 15.2 Å². The zero-order chi connectivity index (χ0) is 11.5. The summed E-state index contributed by atoms with van der Waals surface area (Å²) in [7, 11) is 1.57. The Morgan fingerprint density at radius 2 is 2.25 bits per heavy atom. The maximum Gasteiger partial charge on any atom is 0.162 e. The van der Waals surface area contributed by atoms with E-state index in [9.17, 15) is 5.11 Å². The van der Waals surface area contributed by atoms with Gasteiger partial charge in [-0.2, -0.15) is 0 Å². The Labute approximate surface area is 96.4 Å². The zero-order valence-electron chi connectivity index (χ0n) is 9.86. The first-order valence-corrected chi connectivity index (χ1v) is 5.78. The summed E-state index contributed by atoms with van der Waals surface area (Å²) in [5.41, 5.74) is 0.896. The van der Waals surface area contributed by atoms with Crippen molar-refractivity contribution in [3.8, 4) is 11.5 Å². The van der Waals surface area contributed by atoms with Crippen LogP contribution < -0.4 is 10.1 Å². The standard InChI is InChI=1S/C13H19NO2/c1-9-6-11(9)8-14-7-10-4-3-5-12(16-2)13(10)15/h3-5,9,11,14-15H,6-8H2,1-2H3. The number of benzene rings is 1. The van der Waals surface area contributed by atoms with Crippen LogP contribution in [0.25, 0.3) is 0 Å². The van der Waals surface area contributed by atoms with Gasteiger partial charge >= 0.3 is 0 Å². The van der Waals surface area contributed by atoms with Crippen molar-refractivity contribution in [2.75, 3.05) is 13.7 Å². The predicted octanol–water partition coefficient (Wildman–Crippen LogP) is 2.15. The molecule has 2 N–H and O–H groups in total. The molecule has 0 bridgehead atoms. The third kappa shape index (κ3) is 2.47. The van der Waals surface area contributed by atoms with Crippen molar-refractivity contribution in [3.63, 3.8) is 0 Å². The van der Waals surface area contributed by atoms with E-state index in [1.165, 1.54) is 6.42 Å². The van der Waals surface area contributed by atoms with Crippen LogP contribution in [0.2, 0.25) is 0 Å². The zero-order valence-corrected chi connectivity index (χ0v) is 9.86. The molecule has 1 aliphatic carbocycles. The molecule has 3 nitrogen and oxygen atoms in total. The molecule has 2 rings (SSSR count). The number of hydrogen-bond acceptors (Lipinski definition) is 3. The summed E-state index contributed by atoms with van der Waals surface area (Å²) in [6.45, 7) is 4.01. The van der Waals surface area contributed by atoms with E-state index in [-0.39, 0.29) is 5.75 Å². The van der Waals surface area contributed by atoms with Gasteiger partial charge in [-0.15, -0.1) is 0 Å².